The molecule has 0 N–H and O–H groups in total. The average molecular weight is 790 g/mol. The van der Waals surface area contributed by atoms with Crippen LogP contribution in [0.3, 0.4) is 0 Å². The molecule has 0 unspecified atom stereocenters. The molecule has 0 aliphatic carbocycles. The summed E-state index contributed by atoms with van der Waals surface area (Å²) in [4.78, 5) is 15.2. The van der Waals surface area contributed by atoms with Crippen molar-refractivity contribution in [2.45, 2.75) is 0 Å². The Morgan fingerprint density at radius 1 is 0.258 bits per heavy atom. The molecule has 288 valence electrons. The molecule has 3 aromatic heterocycles. The summed E-state index contributed by atoms with van der Waals surface area (Å²) in [7, 11) is 0. The first-order chi connectivity index (χ1) is 30.7. The van der Waals surface area contributed by atoms with Gasteiger partial charge in [-0.05, 0) is 93.0 Å². The molecule has 0 amide bonds. The van der Waals surface area contributed by atoms with Crippen LogP contribution in [0.1, 0.15) is 0 Å². The van der Waals surface area contributed by atoms with Gasteiger partial charge in [0.05, 0.1) is 22.1 Å². The van der Waals surface area contributed by atoms with Gasteiger partial charge in [0.25, 0.3) is 0 Å². The molecule has 0 radical (unpaired) electrons. The summed E-state index contributed by atoms with van der Waals surface area (Å²) in [6.45, 7) is 0. The summed E-state index contributed by atoms with van der Waals surface area (Å²) < 4.78 is 4.86. The molecule has 13 aromatic rings. The predicted molar refractivity (Wildman–Crippen MR) is 257 cm³/mol. The SMILES string of the molecule is c1ccc(-c2nc(-c3ccc4ccccc4c3)nc(-c3ccc4cc(-n5c6ccccc6c6c7c8c9ccccc9ccc8n(-c8ccccc8)c7ccc65)ccc4c3)n2)cc1. The van der Waals surface area contributed by atoms with Crippen molar-refractivity contribution >= 4 is 75.9 Å². The van der Waals surface area contributed by atoms with Crippen LogP contribution in [0.2, 0.25) is 0 Å². The Morgan fingerprint density at radius 2 is 0.726 bits per heavy atom. The van der Waals surface area contributed by atoms with Gasteiger partial charge >= 0.3 is 0 Å². The Hall–Kier alpha value is -8.41. The molecule has 3 heterocycles. The van der Waals surface area contributed by atoms with Crippen LogP contribution in [-0.2, 0) is 0 Å². The summed E-state index contributed by atoms with van der Waals surface area (Å²) in [6.07, 6.45) is 0. The van der Waals surface area contributed by atoms with Crippen molar-refractivity contribution in [1.82, 2.24) is 24.1 Å². The van der Waals surface area contributed by atoms with E-state index in [1.807, 2.05) is 30.3 Å². The van der Waals surface area contributed by atoms with Crippen LogP contribution in [0.15, 0.2) is 212 Å². The van der Waals surface area contributed by atoms with Gasteiger partial charge in [-0.1, -0.05) is 152 Å². The number of fused-ring (bicyclic) bond motifs is 11. The van der Waals surface area contributed by atoms with E-state index in [2.05, 4.69) is 191 Å². The van der Waals surface area contributed by atoms with Crippen LogP contribution in [0.5, 0.6) is 0 Å². The highest BCUT2D eigenvalue weighted by Gasteiger charge is 2.22. The largest absolute Gasteiger partial charge is 0.309 e. The molecule has 5 heteroatoms. The average Bonchev–Trinajstić information content (AvgIpc) is 3.87. The van der Waals surface area contributed by atoms with E-state index < -0.39 is 0 Å². The van der Waals surface area contributed by atoms with Crippen molar-refractivity contribution in [3.05, 3.63) is 212 Å². The smallest absolute Gasteiger partial charge is 0.164 e. The third-order valence-corrected chi connectivity index (χ3v) is 12.5. The minimum Gasteiger partial charge on any atom is -0.309 e. The highest BCUT2D eigenvalue weighted by Crippen LogP contribution is 2.44. The van der Waals surface area contributed by atoms with E-state index in [1.54, 1.807) is 0 Å². The van der Waals surface area contributed by atoms with Gasteiger partial charge in [0.1, 0.15) is 0 Å². The number of rotatable bonds is 5. The van der Waals surface area contributed by atoms with E-state index in [-0.39, 0.29) is 0 Å². The van der Waals surface area contributed by atoms with Crippen molar-refractivity contribution in [3.8, 4) is 45.5 Å². The number of hydrogen-bond donors (Lipinski definition) is 0. The second kappa shape index (κ2) is 13.6. The fraction of sp³-hybridized carbons (Fsp3) is 0. The molecule has 0 bridgehead atoms. The van der Waals surface area contributed by atoms with Crippen molar-refractivity contribution in [3.63, 3.8) is 0 Å². The van der Waals surface area contributed by atoms with Gasteiger partial charge in [0.15, 0.2) is 17.5 Å². The number of hydrogen-bond acceptors (Lipinski definition) is 3. The molecule has 5 nitrogen and oxygen atoms in total. The summed E-state index contributed by atoms with van der Waals surface area (Å²) in [5, 5.41) is 12.1. The van der Waals surface area contributed by atoms with Crippen LogP contribution < -0.4 is 0 Å². The van der Waals surface area contributed by atoms with Crippen LogP contribution in [0, 0.1) is 0 Å². The third kappa shape index (κ3) is 5.32. The first-order valence-electron chi connectivity index (χ1n) is 21.0. The third-order valence-electron chi connectivity index (χ3n) is 12.5. The normalized spacial score (nSPS) is 11.9. The maximum atomic E-state index is 5.10. The lowest BCUT2D eigenvalue weighted by Crippen LogP contribution is -2.00. The van der Waals surface area contributed by atoms with Gasteiger partial charge < -0.3 is 9.13 Å². The minimum absolute atomic E-state index is 0.640. The molecular formula is C57H35N5. The fourth-order valence-corrected chi connectivity index (χ4v) is 9.65. The van der Waals surface area contributed by atoms with Crippen LogP contribution in [-0.4, -0.2) is 24.1 Å². The predicted octanol–water partition coefficient (Wildman–Crippen LogP) is 14.5. The highest BCUT2D eigenvalue weighted by atomic mass is 15.0. The Morgan fingerprint density at radius 3 is 1.47 bits per heavy atom. The highest BCUT2D eigenvalue weighted by molar-refractivity contribution is 6.33. The van der Waals surface area contributed by atoms with Gasteiger partial charge in [-0.2, -0.15) is 0 Å². The van der Waals surface area contributed by atoms with E-state index >= 15 is 0 Å². The molecule has 10 aromatic carbocycles. The van der Waals surface area contributed by atoms with Gasteiger partial charge in [-0.25, -0.2) is 15.0 Å². The monoisotopic (exact) mass is 789 g/mol. The lowest BCUT2D eigenvalue weighted by Gasteiger charge is -2.12. The van der Waals surface area contributed by atoms with Crippen LogP contribution in [0.4, 0.5) is 0 Å². The first kappa shape index (κ1) is 34.5. The molecule has 0 spiro atoms. The lowest BCUT2D eigenvalue weighted by molar-refractivity contribution is 1.07. The zero-order chi connectivity index (χ0) is 40.7. The number of para-hydroxylation sites is 2. The lowest BCUT2D eigenvalue weighted by atomic mass is 10.0. The number of benzene rings is 10. The van der Waals surface area contributed by atoms with E-state index in [4.69, 9.17) is 15.0 Å². The molecule has 62 heavy (non-hydrogen) atoms. The number of aromatic nitrogens is 5. The Kier molecular flexibility index (Phi) is 7.54. The zero-order valence-electron chi connectivity index (χ0n) is 33.4. The van der Waals surface area contributed by atoms with Crippen LogP contribution >= 0.6 is 0 Å². The second-order valence-electron chi connectivity index (χ2n) is 16.0. The molecule has 0 aliphatic rings. The van der Waals surface area contributed by atoms with Crippen molar-refractivity contribution < 1.29 is 0 Å². The molecular weight excluding hydrogens is 755 g/mol. The van der Waals surface area contributed by atoms with Gasteiger partial charge in [-0.15, -0.1) is 0 Å². The van der Waals surface area contributed by atoms with E-state index in [0.717, 1.165) is 44.2 Å². The molecule has 0 aliphatic heterocycles. The fourth-order valence-electron chi connectivity index (χ4n) is 9.65. The summed E-state index contributed by atoms with van der Waals surface area (Å²) >= 11 is 0. The maximum Gasteiger partial charge on any atom is 0.164 e. The van der Waals surface area contributed by atoms with Gasteiger partial charge in [0, 0.05) is 49.6 Å². The summed E-state index contributed by atoms with van der Waals surface area (Å²) in [6, 6.07) is 75.8. The second-order valence-corrected chi connectivity index (χ2v) is 16.0. The van der Waals surface area contributed by atoms with Crippen LogP contribution in [0.25, 0.3) is 121 Å². The maximum absolute atomic E-state index is 5.10. The van der Waals surface area contributed by atoms with Crippen molar-refractivity contribution in [1.29, 1.82) is 0 Å². The summed E-state index contributed by atoms with van der Waals surface area (Å²) in [5.74, 6) is 1.94. The van der Waals surface area contributed by atoms with E-state index in [9.17, 15) is 0 Å². The van der Waals surface area contributed by atoms with E-state index in [1.165, 1.54) is 59.8 Å². The molecule has 0 saturated carbocycles. The van der Waals surface area contributed by atoms with Crippen molar-refractivity contribution in [2.24, 2.45) is 0 Å². The zero-order valence-corrected chi connectivity index (χ0v) is 33.4. The minimum atomic E-state index is 0.640. The van der Waals surface area contributed by atoms with E-state index in [0.29, 0.717) is 17.5 Å². The standard InChI is InChI=1S/C57H35N5/c1-3-15-38(16-4-1)55-58-56(42-25-23-36-13-7-8-17-39(36)33-42)60-57(59-55)43-26-24-41-35-45(29-27-40(41)34-43)62-48-22-12-11-21-47(48)53-50(62)31-32-51-54(53)52-46-20-10-9-14-37(46)28-30-49(52)61(51)44-18-5-2-6-19-44/h1-35H. The van der Waals surface area contributed by atoms with Gasteiger partial charge in [0.2, 0.25) is 0 Å². The molecule has 13 rings (SSSR count). The quantitative estimate of drug-likeness (QED) is 0.174. The first-order valence-corrected chi connectivity index (χ1v) is 21.0. The molecule has 0 fully saturated rings. The summed E-state index contributed by atoms with van der Waals surface area (Å²) in [5.41, 5.74) is 9.85. The van der Waals surface area contributed by atoms with Gasteiger partial charge in [-0.3, -0.25) is 0 Å². The van der Waals surface area contributed by atoms with Crippen molar-refractivity contribution in [2.75, 3.05) is 0 Å². The Bertz CT molecular complexity index is 3920. The Labute approximate surface area is 356 Å². The Balaban J connectivity index is 0.991. The number of nitrogens with zero attached hydrogens (tertiary/aromatic N) is 5. The molecule has 0 saturated heterocycles. The topological polar surface area (TPSA) is 48.5 Å². The molecule has 0 atom stereocenters.